The Morgan fingerprint density at radius 2 is 2.00 bits per heavy atom. The van der Waals surface area contributed by atoms with Gasteiger partial charge in [-0.3, -0.25) is 0 Å². The zero-order valence-corrected chi connectivity index (χ0v) is 11.8. The van der Waals surface area contributed by atoms with Crippen LogP contribution in [0.15, 0.2) is 35.2 Å². The number of esters is 1. The van der Waals surface area contributed by atoms with Crippen molar-refractivity contribution < 1.29 is 17.9 Å². The molecular formula is C13H16N2O4S. The quantitative estimate of drug-likeness (QED) is 0.643. The molecule has 3 N–H and O–H groups in total. The number of primary sulfonamides is 1. The van der Waals surface area contributed by atoms with Crippen molar-refractivity contribution in [3.63, 3.8) is 0 Å². The van der Waals surface area contributed by atoms with E-state index < -0.39 is 16.0 Å². The number of hydrogen-bond donors (Lipinski definition) is 2. The largest absolute Gasteiger partial charge is 0.465 e. The number of nitrogens with two attached hydrogens (primary N) is 1. The molecule has 0 spiro atoms. The Morgan fingerprint density at radius 1 is 1.35 bits per heavy atom. The second-order valence-electron chi connectivity index (χ2n) is 4.53. The van der Waals surface area contributed by atoms with Gasteiger partial charge in [0.2, 0.25) is 10.0 Å². The number of sulfonamides is 1. The number of hydrogen-bond acceptors (Lipinski definition) is 5. The standard InChI is InChI=1S/C13H16N2O4S/c1-19-13(16)11-8-10(20(14,17)18)6-7-12(11)15-9-4-2-3-5-9/h2-3,6-9,15H,4-5H2,1H3,(H2,14,17,18). The lowest BCUT2D eigenvalue weighted by Crippen LogP contribution is -2.19. The summed E-state index contributed by atoms with van der Waals surface area (Å²) in [6, 6.07) is 4.32. The van der Waals surface area contributed by atoms with Crippen LogP contribution in [0.2, 0.25) is 0 Å². The third kappa shape index (κ3) is 3.17. The van der Waals surface area contributed by atoms with Crippen molar-refractivity contribution in [3.05, 3.63) is 35.9 Å². The maximum atomic E-state index is 11.8. The molecule has 0 aliphatic heterocycles. The Balaban J connectivity index is 2.37. The molecule has 0 radical (unpaired) electrons. The van der Waals surface area contributed by atoms with E-state index in [2.05, 4.69) is 10.1 Å². The van der Waals surface area contributed by atoms with E-state index in [1.54, 1.807) is 0 Å². The molecule has 7 heteroatoms. The van der Waals surface area contributed by atoms with E-state index in [1.165, 1.54) is 25.3 Å². The van der Waals surface area contributed by atoms with Crippen molar-refractivity contribution in [2.24, 2.45) is 5.14 Å². The molecule has 0 atom stereocenters. The molecule has 0 aromatic heterocycles. The summed E-state index contributed by atoms with van der Waals surface area (Å²) in [6.45, 7) is 0. The van der Waals surface area contributed by atoms with Crippen LogP contribution in [-0.2, 0) is 14.8 Å². The number of benzene rings is 1. The van der Waals surface area contributed by atoms with E-state index >= 15 is 0 Å². The summed E-state index contributed by atoms with van der Waals surface area (Å²) in [5.41, 5.74) is 0.698. The van der Waals surface area contributed by atoms with Gasteiger partial charge in [-0.2, -0.15) is 0 Å². The molecule has 0 heterocycles. The summed E-state index contributed by atoms with van der Waals surface area (Å²) < 4.78 is 27.4. The van der Waals surface area contributed by atoms with Gasteiger partial charge in [0, 0.05) is 11.7 Å². The Morgan fingerprint density at radius 3 is 2.55 bits per heavy atom. The average Bonchev–Trinajstić information content (AvgIpc) is 2.90. The molecule has 0 amide bonds. The molecule has 0 saturated heterocycles. The topological polar surface area (TPSA) is 98.5 Å². The number of ether oxygens (including phenoxy) is 1. The van der Waals surface area contributed by atoms with Gasteiger partial charge in [-0.25, -0.2) is 18.4 Å². The number of carbonyl (C=O) groups excluding carboxylic acids is 1. The highest BCUT2D eigenvalue weighted by Gasteiger charge is 2.19. The van der Waals surface area contributed by atoms with Gasteiger partial charge in [-0.05, 0) is 31.0 Å². The Kier molecular flexibility index (Phi) is 4.10. The lowest BCUT2D eigenvalue weighted by atomic mass is 10.1. The average molecular weight is 296 g/mol. The highest BCUT2D eigenvalue weighted by Crippen LogP contribution is 2.24. The van der Waals surface area contributed by atoms with Gasteiger partial charge < -0.3 is 10.1 Å². The molecule has 2 rings (SSSR count). The summed E-state index contributed by atoms with van der Waals surface area (Å²) in [5, 5.41) is 8.27. The fraction of sp³-hybridized carbons (Fsp3) is 0.308. The zero-order valence-electron chi connectivity index (χ0n) is 11.0. The fourth-order valence-corrected chi connectivity index (χ4v) is 2.60. The number of methoxy groups -OCH3 is 1. The highest BCUT2D eigenvalue weighted by atomic mass is 32.2. The third-order valence-electron chi connectivity index (χ3n) is 3.09. The van der Waals surface area contributed by atoms with Gasteiger partial charge in [-0.1, -0.05) is 12.2 Å². The Labute approximate surface area is 117 Å². The number of nitrogens with one attached hydrogen (secondary N) is 1. The van der Waals surface area contributed by atoms with Crippen LogP contribution in [0.3, 0.4) is 0 Å². The van der Waals surface area contributed by atoms with Gasteiger partial charge in [0.15, 0.2) is 0 Å². The molecule has 1 aliphatic rings. The minimum absolute atomic E-state index is 0.118. The normalized spacial score (nSPS) is 15.3. The highest BCUT2D eigenvalue weighted by molar-refractivity contribution is 7.89. The SMILES string of the molecule is COC(=O)c1cc(S(N)(=O)=O)ccc1NC1CC=CC1. The van der Waals surface area contributed by atoms with E-state index in [1.807, 2.05) is 12.2 Å². The molecule has 108 valence electrons. The van der Waals surface area contributed by atoms with Crippen molar-refractivity contribution in [2.45, 2.75) is 23.8 Å². The molecular weight excluding hydrogens is 280 g/mol. The third-order valence-corrected chi connectivity index (χ3v) is 4.00. The molecule has 1 aromatic rings. The van der Waals surface area contributed by atoms with Crippen LogP contribution in [0.1, 0.15) is 23.2 Å². The van der Waals surface area contributed by atoms with Crippen LogP contribution in [0.25, 0.3) is 0 Å². The zero-order chi connectivity index (χ0) is 14.8. The van der Waals surface area contributed by atoms with Crippen LogP contribution >= 0.6 is 0 Å². The first kappa shape index (κ1) is 14.5. The van der Waals surface area contributed by atoms with Crippen LogP contribution in [0.5, 0.6) is 0 Å². The lowest BCUT2D eigenvalue weighted by molar-refractivity contribution is 0.0601. The van der Waals surface area contributed by atoms with Gasteiger partial charge >= 0.3 is 5.97 Å². The smallest absolute Gasteiger partial charge is 0.340 e. The van der Waals surface area contributed by atoms with E-state index in [0.29, 0.717) is 5.69 Å². The minimum atomic E-state index is -3.86. The van der Waals surface area contributed by atoms with Gasteiger partial charge in [0.1, 0.15) is 0 Å². The Bertz CT molecular complexity index is 644. The molecule has 1 aliphatic carbocycles. The van der Waals surface area contributed by atoms with Gasteiger partial charge in [0.05, 0.1) is 17.6 Å². The maximum absolute atomic E-state index is 11.8. The Hall–Kier alpha value is -1.86. The monoisotopic (exact) mass is 296 g/mol. The molecule has 0 bridgehead atoms. The van der Waals surface area contributed by atoms with E-state index in [0.717, 1.165) is 12.8 Å². The molecule has 0 fully saturated rings. The summed E-state index contributed by atoms with van der Waals surface area (Å²) >= 11 is 0. The summed E-state index contributed by atoms with van der Waals surface area (Å²) in [4.78, 5) is 11.7. The molecule has 0 unspecified atom stereocenters. The van der Waals surface area contributed by atoms with Crippen LogP contribution in [0, 0.1) is 0 Å². The number of rotatable bonds is 4. The molecule has 6 nitrogen and oxygen atoms in total. The summed E-state index contributed by atoms with van der Waals surface area (Å²) in [5.74, 6) is -0.607. The lowest BCUT2D eigenvalue weighted by Gasteiger charge is -2.16. The van der Waals surface area contributed by atoms with Crippen molar-refractivity contribution in [1.82, 2.24) is 0 Å². The maximum Gasteiger partial charge on any atom is 0.340 e. The van der Waals surface area contributed by atoms with Crippen molar-refractivity contribution >= 4 is 21.7 Å². The van der Waals surface area contributed by atoms with Crippen molar-refractivity contribution in [3.8, 4) is 0 Å². The molecule has 1 aromatic carbocycles. The first-order chi connectivity index (χ1) is 9.41. The van der Waals surface area contributed by atoms with Crippen molar-refractivity contribution in [2.75, 3.05) is 12.4 Å². The molecule has 0 saturated carbocycles. The first-order valence-electron chi connectivity index (χ1n) is 6.08. The van der Waals surface area contributed by atoms with Crippen molar-refractivity contribution in [1.29, 1.82) is 0 Å². The summed E-state index contributed by atoms with van der Waals surface area (Å²) in [7, 11) is -2.62. The van der Waals surface area contributed by atoms with Crippen LogP contribution in [-0.4, -0.2) is 27.5 Å². The van der Waals surface area contributed by atoms with E-state index in [-0.39, 0.29) is 16.5 Å². The predicted molar refractivity (Wildman–Crippen MR) is 74.9 cm³/mol. The van der Waals surface area contributed by atoms with E-state index in [4.69, 9.17) is 5.14 Å². The first-order valence-corrected chi connectivity index (χ1v) is 7.63. The fourth-order valence-electron chi connectivity index (χ4n) is 2.06. The van der Waals surface area contributed by atoms with Crippen LogP contribution < -0.4 is 10.5 Å². The molecule has 20 heavy (non-hydrogen) atoms. The van der Waals surface area contributed by atoms with E-state index in [9.17, 15) is 13.2 Å². The predicted octanol–water partition coefficient (Wildman–Crippen LogP) is 1.25. The summed E-state index contributed by atoms with van der Waals surface area (Å²) in [6.07, 6.45) is 5.82. The second kappa shape index (κ2) is 5.64. The van der Waals surface area contributed by atoms with Gasteiger partial charge in [-0.15, -0.1) is 0 Å². The number of carbonyl (C=O) groups is 1. The second-order valence-corrected chi connectivity index (χ2v) is 6.09. The number of anilines is 1. The van der Waals surface area contributed by atoms with Gasteiger partial charge in [0.25, 0.3) is 0 Å². The minimum Gasteiger partial charge on any atom is -0.465 e. The van der Waals surface area contributed by atoms with Crippen LogP contribution in [0.4, 0.5) is 5.69 Å².